The van der Waals surface area contributed by atoms with Crippen molar-refractivity contribution >= 4 is 21.8 Å². The molecule has 1 atom stereocenters. The number of nitrogens with zero attached hydrogens (tertiary/aromatic N) is 2. The maximum atomic E-state index is 13.7. The molecule has 2 aromatic rings. The Labute approximate surface area is 140 Å². The molecule has 120 valence electrons. The van der Waals surface area contributed by atoms with E-state index in [1.165, 1.54) is 11.0 Å². The van der Waals surface area contributed by atoms with Crippen molar-refractivity contribution < 1.29 is 18.3 Å². The summed E-state index contributed by atoms with van der Waals surface area (Å²) >= 11 is 3.34. The summed E-state index contributed by atoms with van der Waals surface area (Å²) in [5.41, 5.74) is -0.521. The zero-order valence-corrected chi connectivity index (χ0v) is 13.6. The van der Waals surface area contributed by atoms with Gasteiger partial charge in [0, 0.05) is 19.2 Å². The van der Waals surface area contributed by atoms with Crippen LogP contribution in [0.5, 0.6) is 5.88 Å². The molecule has 1 fully saturated rings. The number of ether oxygens (including phenoxy) is 1. The molecule has 7 heteroatoms. The van der Waals surface area contributed by atoms with E-state index in [-0.39, 0.29) is 12.6 Å². The van der Waals surface area contributed by atoms with E-state index in [1.807, 2.05) is 0 Å². The Bertz CT molecular complexity index is 722. The smallest absolute Gasteiger partial charge is 0.259 e. The van der Waals surface area contributed by atoms with E-state index in [2.05, 4.69) is 20.9 Å². The second-order valence-corrected chi connectivity index (χ2v) is 6.02. The van der Waals surface area contributed by atoms with Crippen LogP contribution in [-0.2, 0) is 0 Å². The monoisotopic (exact) mass is 382 g/mol. The number of benzene rings is 1. The Balaban J connectivity index is 1.70. The fraction of sp³-hybridized carbons (Fsp3) is 0.250. The largest absolute Gasteiger partial charge is 0.472 e. The predicted molar refractivity (Wildman–Crippen MR) is 83.2 cm³/mol. The van der Waals surface area contributed by atoms with Crippen molar-refractivity contribution in [3.05, 3.63) is 58.2 Å². The number of aromatic nitrogens is 1. The number of likely N-dealkylation sites (tertiary alicyclic amines) is 1. The summed E-state index contributed by atoms with van der Waals surface area (Å²) in [6, 6.07) is 6.95. The van der Waals surface area contributed by atoms with Crippen LogP contribution < -0.4 is 4.74 Å². The number of amides is 1. The maximum absolute atomic E-state index is 13.7. The van der Waals surface area contributed by atoms with Gasteiger partial charge in [-0.1, -0.05) is 6.07 Å². The number of hydrogen-bond donors (Lipinski definition) is 0. The van der Waals surface area contributed by atoms with E-state index in [1.54, 1.807) is 18.3 Å². The summed E-state index contributed by atoms with van der Waals surface area (Å²) in [6.45, 7) is 0.636. The molecule has 23 heavy (non-hydrogen) atoms. The third-order valence-corrected chi connectivity index (χ3v) is 4.22. The first kappa shape index (κ1) is 15.9. The highest BCUT2D eigenvalue weighted by atomic mass is 79.9. The predicted octanol–water partition coefficient (Wildman–Crippen LogP) is 3.42. The van der Waals surface area contributed by atoms with Crippen LogP contribution in [0.4, 0.5) is 8.78 Å². The van der Waals surface area contributed by atoms with Crippen molar-refractivity contribution in [3.8, 4) is 5.88 Å². The van der Waals surface area contributed by atoms with Gasteiger partial charge < -0.3 is 9.64 Å². The molecule has 2 heterocycles. The minimum absolute atomic E-state index is 0.260. The highest BCUT2D eigenvalue weighted by molar-refractivity contribution is 9.10. The SMILES string of the molecule is O=C(c1c(F)cccc1F)N1CCC(Oc2ncccc2Br)C1. The van der Waals surface area contributed by atoms with Gasteiger partial charge in [-0.05, 0) is 40.2 Å². The molecule has 1 aromatic carbocycles. The van der Waals surface area contributed by atoms with Crippen molar-refractivity contribution in [1.82, 2.24) is 9.88 Å². The van der Waals surface area contributed by atoms with E-state index in [0.717, 1.165) is 12.1 Å². The van der Waals surface area contributed by atoms with Crippen LogP contribution in [0.1, 0.15) is 16.8 Å². The van der Waals surface area contributed by atoms with Crippen molar-refractivity contribution in [3.63, 3.8) is 0 Å². The molecule has 0 radical (unpaired) electrons. The Kier molecular flexibility index (Phi) is 4.56. The van der Waals surface area contributed by atoms with Gasteiger partial charge in [-0.25, -0.2) is 13.8 Å². The quantitative estimate of drug-likeness (QED) is 0.816. The Morgan fingerprint density at radius 1 is 1.26 bits per heavy atom. The Hall–Kier alpha value is -2.02. The fourth-order valence-corrected chi connectivity index (χ4v) is 2.83. The minimum Gasteiger partial charge on any atom is -0.472 e. The molecule has 0 aliphatic carbocycles. The van der Waals surface area contributed by atoms with Gasteiger partial charge in [0.2, 0.25) is 5.88 Å². The summed E-state index contributed by atoms with van der Waals surface area (Å²) in [4.78, 5) is 17.8. The van der Waals surface area contributed by atoms with E-state index >= 15 is 0 Å². The zero-order chi connectivity index (χ0) is 16.4. The average Bonchev–Trinajstić information content (AvgIpc) is 2.98. The van der Waals surface area contributed by atoms with E-state index in [9.17, 15) is 13.6 Å². The molecule has 0 spiro atoms. The normalized spacial score (nSPS) is 17.3. The van der Waals surface area contributed by atoms with Crippen LogP contribution in [0.15, 0.2) is 41.0 Å². The van der Waals surface area contributed by atoms with Gasteiger partial charge in [0.1, 0.15) is 23.3 Å². The van der Waals surface area contributed by atoms with Gasteiger partial charge in [0.25, 0.3) is 5.91 Å². The van der Waals surface area contributed by atoms with Gasteiger partial charge >= 0.3 is 0 Å². The lowest BCUT2D eigenvalue weighted by Crippen LogP contribution is -2.32. The van der Waals surface area contributed by atoms with Crippen LogP contribution >= 0.6 is 15.9 Å². The van der Waals surface area contributed by atoms with Gasteiger partial charge in [-0.3, -0.25) is 4.79 Å². The second-order valence-electron chi connectivity index (χ2n) is 5.17. The lowest BCUT2D eigenvalue weighted by molar-refractivity contribution is 0.0761. The fourth-order valence-electron chi connectivity index (χ4n) is 2.48. The first-order valence-electron chi connectivity index (χ1n) is 7.06. The number of carbonyl (C=O) groups is 1. The third kappa shape index (κ3) is 3.34. The number of pyridine rings is 1. The molecular formula is C16H13BrF2N2O2. The number of halogens is 3. The van der Waals surface area contributed by atoms with Crippen molar-refractivity contribution in [1.29, 1.82) is 0 Å². The molecule has 1 unspecified atom stereocenters. The van der Waals surface area contributed by atoms with Crippen molar-refractivity contribution in [2.45, 2.75) is 12.5 Å². The summed E-state index contributed by atoms with van der Waals surface area (Å²) < 4.78 is 33.9. The van der Waals surface area contributed by atoms with Crippen LogP contribution in [0.25, 0.3) is 0 Å². The first-order chi connectivity index (χ1) is 11.1. The molecule has 1 saturated heterocycles. The molecule has 1 aliphatic heterocycles. The topological polar surface area (TPSA) is 42.4 Å². The highest BCUT2D eigenvalue weighted by Crippen LogP contribution is 2.25. The maximum Gasteiger partial charge on any atom is 0.259 e. The molecule has 1 aromatic heterocycles. The molecule has 1 aliphatic rings. The number of carbonyl (C=O) groups excluding carboxylic acids is 1. The van der Waals surface area contributed by atoms with Crippen molar-refractivity contribution in [2.75, 3.05) is 13.1 Å². The number of rotatable bonds is 3. The standard InChI is InChI=1S/C16H13BrF2N2O2/c17-11-3-2-7-20-15(11)23-10-6-8-21(9-10)16(22)14-12(18)4-1-5-13(14)19/h1-5,7,10H,6,8-9H2. The molecule has 0 bridgehead atoms. The molecule has 3 rings (SSSR count). The highest BCUT2D eigenvalue weighted by Gasteiger charge is 2.31. The first-order valence-corrected chi connectivity index (χ1v) is 7.86. The van der Waals surface area contributed by atoms with E-state index < -0.39 is 23.1 Å². The van der Waals surface area contributed by atoms with Gasteiger partial charge in [-0.2, -0.15) is 0 Å². The number of hydrogen-bond acceptors (Lipinski definition) is 3. The minimum atomic E-state index is -0.855. The molecular weight excluding hydrogens is 370 g/mol. The van der Waals surface area contributed by atoms with Gasteiger partial charge in [0.15, 0.2) is 0 Å². The lowest BCUT2D eigenvalue weighted by atomic mass is 10.1. The van der Waals surface area contributed by atoms with Crippen LogP contribution in [0.3, 0.4) is 0 Å². The molecule has 4 nitrogen and oxygen atoms in total. The summed E-state index contributed by atoms with van der Waals surface area (Å²) in [7, 11) is 0. The average molecular weight is 383 g/mol. The van der Waals surface area contributed by atoms with E-state index in [4.69, 9.17) is 4.74 Å². The second kappa shape index (κ2) is 6.62. The zero-order valence-electron chi connectivity index (χ0n) is 12.0. The molecule has 0 N–H and O–H groups in total. The Morgan fingerprint density at radius 2 is 2.00 bits per heavy atom. The van der Waals surface area contributed by atoms with Gasteiger partial charge in [0.05, 0.1) is 11.0 Å². The van der Waals surface area contributed by atoms with Crippen LogP contribution in [0, 0.1) is 11.6 Å². The van der Waals surface area contributed by atoms with E-state index in [0.29, 0.717) is 23.3 Å². The van der Waals surface area contributed by atoms with Crippen molar-refractivity contribution in [2.24, 2.45) is 0 Å². The summed E-state index contributed by atoms with van der Waals surface area (Å²) in [5, 5.41) is 0. The van der Waals surface area contributed by atoms with Crippen LogP contribution in [-0.4, -0.2) is 35.0 Å². The van der Waals surface area contributed by atoms with Crippen LogP contribution in [0.2, 0.25) is 0 Å². The third-order valence-electron chi connectivity index (χ3n) is 3.61. The lowest BCUT2D eigenvalue weighted by Gasteiger charge is -2.18. The van der Waals surface area contributed by atoms with Gasteiger partial charge in [-0.15, -0.1) is 0 Å². The Morgan fingerprint density at radius 3 is 2.70 bits per heavy atom. The molecule has 1 amide bonds. The summed E-state index contributed by atoms with van der Waals surface area (Å²) in [5.74, 6) is -1.94. The summed E-state index contributed by atoms with van der Waals surface area (Å²) in [6.07, 6.45) is 1.91. The molecule has 0 saturated carbocycles.